The minimum Gasteiger partial charge on any atom is -0.394 e. The van der Waals surface area contributed by atoms with E-state index >= 15 is 0 Å². The number of hydrogen-bond donors (Lipinski definition) is 1. The van der Waals surface area contributed by atoms with Gasteiger partial charge in [0.2, 0.25) is 0 Å². The molecule has 7 atom stereocenters. The van der Waals surface area contributed by atoms with Crippen LogP contribution in [0.4, 0.5) is 0 Å². The predicted molar refractivity (Wildman–Crippen MR) is 130 cm³/mol. The van der Waals surface area contributed by atoms with Gasteiger partial charge in [0.05, 0.1) is 12.3 Å². The Morgan fingerprint density at radius 2 is 1.77 bits per heavy atom. The summed E-state index contributed by atoms with van der Waals surface area (Å²) in [5.41, 5.74) is 2.25. The van der Waals surface area contributed by atoms with Gasteiger partial charge in [-0.25, -0.2) is 0 Å². The van der Waals surface area contributed by atoms with Crippen molar-refractivity contribution in [2.24, 2.45) is 39.7 Å². The quantitative estimate of drug-likeness (QED) is 0.334. The molecule has 0 aromatic heterocycles. The zero-order valence-corrected chi connectivity index (χ0v) is 21.1. The molecule has 4 heteroatoms. The van der Waals surface area contributed by atoms with Crippen LogP contribution in [0, 0.1) is 34.5 Å². The smallest absolute Gasteiger partial charge is 0.129 e. The molecule has 0 aliphatic heterocycles. The minimum absolute atomic E-state index is 0.0564. The molecule has 0 bridgehead atoms. The highest BCUT2D eigenvalue weighted by Crippen LogP contribution is 2.66. The molecule has 1 N–H and O–H groups in total. The molecule has 0 radical (unpaired) electrons. The van der Waals surface area contributed by atoms with Crippen molar-refractivity contribution in [1.82, 2.24) is 4.90 Å². The predicted octanol–water partition coefficient (Wildman–Crippen LogP) is 5.91. The number of fused-ring (bicyclic) bond motifs is 5. The zero-order chi connectivity index (χ0) is 22.6. The summed E-state index contributed by atoms with van der Waals surface area (Å²) in [5.74, 6) is 3.30. The second-order valence-electron chi connectivity index (χ2n) is 11.2. The van der Waals surface area contributed by atoms with E-state index in [-0.39, 0.29) is 11.5 Å². The highest BCUT2D eigenvalue weighted by molar-refractivity contribution is 5.71. The van der Waals surface area contributed by atoms with E-state index in [1.807, 2.05) is 34.2 Å². The number of rotatable bonds is 5. The van der Waals surface area contributed by atoms with E-state index in [1.165, 1.54) is 51.4 Å². The molecule has 0 amide bonds. The molecular weight excluding hydrogens is 384 g/mol. The summed E-state index contributed by atoms with van der Waals surface area (Å²) in [4.78, 5) is 7.46. The van der Waals surface area contributed by atoms with Crippen LogP contribution in [0.15, 0.2) is 16.8 Å². The molecule has 4 aliphatic carbocycles. The van der Waals surface area contributed by atoms with E-state index in [2.05, 4.69) is 30.0 Å². The van der Waals surface area contributed by atoms with Gasteiger partial charge in [-0.05, 0) is 112 Å². The number of hydrogen-bond acceptors (Lipinski definition) is 4. The summed E-state index contributed by atoms with van der Waals surface area (Å²) in [7, 11) is 4.09. The van der Waals surface area contributed by atoms with Crippen LogP contribution in [0.3, 0.4) is 0 Å². The third kappa shape index (κ3) is 4.90. The Balaban J connectivity index is 0.00000132. The first-order valence-corrected chi connectivity index (χ1v) is 13.0. The Morgan fingerprint density at radius 1 is 1.03 bits per heavy atom. The lowest BCUT2D eigenvalue weighted by Crippen LogP contribution is -2.53. The lowest BCUT2D eigenvalue weighted by molar-refractivity contribution is -0.115. The van der Waals surface area contributed by atoms with Crippen LogP contribution < -0.4 is 0 Å². The average molecular weight is 433 g/mol. The number of aliphatic hydroxyl groups is 1. The molecule has 3 unspecified atom stereocenters. The molecule has 4 rings (SSSR count). The Bertz CT molecular complexity index is 645. The number of likely N-dealkylation sites (N-methyl/N-ethyl adjacent to an activating group) is 1. The van der Waals surface area contributed by atoms with Crippen LogP contribution in [0.2, 0.25) is 0 Å². The molecule has 4 saturated carbocycles. The van der Waals surface area contributed by atoms with Gasteiger partial charge in [0.25, 0.3) is 0 Å². The van der Waals surface area contributed by atoms with Crippen molar-refractivity contribution in [3.05, 3.63) is 11.6 Å². The van der Waals surface area contributed by atoms with E-state index < -0.39 is 0 Å². The first-order chi connectivity index (χ1) is 14.8. The largest absolute Gasteiger partial charge is 0.394 e. The maximum absolute atomic E-state index is 10.6. The van der Waals surface area contributed by atoms with Crippen molar-refractivity contribution in [3.63, 3.8) is 0 Å². The molecular formula is C27H48N2O2. The lowest BCUT2D eigenvalue weighted by Gasteiger charge is -2.60. The van der Waals surface area contributed by atoms with Crippen molar-refractivity contribution in [1.29, 1.82) is 0 Å². The summed E-state index contributed by atoms with van der Waals surface area (Å²) in [6.45, 7) is 10.5. The summed E-state index contributed by atoms with van der Waals surface area (Å²) >= 11 is 0. The number of allylic oxidation sites excluding steroid dienone is 2. The van der Waals surface area contributed by atoms with Gasteiger partial charge in [0.15, 0.2) is 0 Å². The molecule has 0 heterocycles. The fraction of sp³-hybridized carbons (Fsp3) is 0.889. The fourth-order valence-corrected chi connectivity index (χ4v) is 7.69. The molecule has 178 valence electrons. The molecule has 4 aliphatic rings. The van der Waals surface area contributed by atoms with Crippen molar-refractivity contribution < 1.29 is 9.94 Å². The highest BCUT2D eigenvalue weighted by atomic mass is 16.6. The van der Waals surface area contributed by atoms with Gasteiger partial charge in [-0.15, -0.1) is 0 Å². The summed E-state index contributed by atoms with van der Waals surface area (Å²) in [6, 6.07) is 0. The standard InChI is InChI=1S/C25H42N2O2.C2H6/c1-24-12-9-18(11-14-26-29-16-15-27(3)4)17-19(24)5-6-20-21-7-8-23(28)25(21,2)13-10-22(20)24;1-2/h11,14,19-23,28H,5-10,12-13,15-17H2,1-4H3;1-2H3/b18-11+,26-14+;/t19-,20?,21?,22?,23-,24-,25-;/m0./s1. The second kappa shape index (κ2) is 10.4. The second-order valence-corrected chi connectivity index (χ2v) is 11.2. The van der Waals surface area contributed by atoms with Gasteiger partial charge in [0, 0.05) is 6.54 Å². The number of nitrogens with zero attached hydrogens (tertiary/aromatic N) is 2. The van der Waals surface area contributed by atoms with Crippen LogP contribution in [0.25, 0.3) is 0 Å². The average Bonchev–Trinajstić information content (AvgIpc) is 3.06. The lowest BCUT2D eigenvalue weighted by atomic mass is 9.45. The van der Waals surface area contributed by atoms with Gasteiger partial charge in [0.1, 0.15) is 6.61 Å². The molecule has 0 aromatic carbocycles. The maximum Gasteiger partial charge on any atom is 0.129 e. The summed E-state index contributed by atoms with van der Waals surface area (Å²) < 4.78 is 0. The van der Waals surface area contributed by atoms with Crippen molar-refractivity contribution in [2.75, 3.05) is 27.2 Å². The normalized spacial score (nSPS) is 43.2. The third-order valence-corrected chi connectivity index (χ3v) is 9.58. The monoisotopic (exact) mass is 432 g/mol. The summed E-state index contributed by atoms with van der Waals surface area (Å²) in [6.07, 6.45) is 15.4. The fourth-order valence-electron chi connectivity index (χ4n) is 7.69. The molecule has 31 heavy (non-hydrogen) atoms. The van der Waals surface area contributed by atoms with Gasteiger partial charge < -0.3 is 14.8 Å². The van der Waals surface area contributed by atoms with Gasteiger partial charge in [-0.3, -0.25) is 0 Å². The first-order valence-electron chi connectivity index (χ1n) is 13.0. The number of oxime groups is 1. The van der Waals surface area contributed by atoms with E-state index in [9.17, 15) is 5.11 Å². The highest BCUT2D eigenvalue weighted by Gasteiger charge is 2.59. The van der Waals surface area contributed by atoms with E-state index in [0.29, 0.717) is 12.0 Å². The van der Waals surface area contributed by atoms with E-state index in [0.717, 1.165) is 36.6 Å². The van der Waals surface area contributed by atoms with Crippen molar-refractivity contribution in [3.8, 4) is 0 Å². The van der Waals surface area contributed by atoms with E-state index in [1.54, 1.807) is 5.57 Å². The molecule has 0 spiro atoms. The van der Waals surface area contributed by atoms with Crippen LogP contribution in [0.5, 0.6) is 0 Å². The van der Waals surface area contributed by atoms with Gasteiger partial charge >= 0.3 is 0 Å². The van der Waals surface area contributed by atoms with Crippen LogP contribution >= 0.6 is 0 Å². The third-order valence-electron chi connectivity index (χ3n) is 9.58. The summed E-state index contributed by atoms with van der Waals surface area (Å²) in [5, 5.41) is 14.8. The van der Waals surface area contributed by atoms with Crippen molar-refractivity contribution >= 4 is 6.21 Å². The van der Waals surface area contributed by atoms with Crippen molar-refractivity contribution in [2.45, 2.75) is 91.6 Å². The van der Waals surface area contributed by atoms with E-state index in [4.69, 9.17) is 4.84 Å². The van der Waals surface area contributed by atoms with Crippen LogP contribution in [0.1, 0.15) is 85.5 Å². The molecule has 0 aromatic rings. The Labute approximate surface area is 191 Å². The van der Waals surface area contributed by atoms with Gasteiger partial charge in [-0.2, -0.15) is 0 Å². The van der Waals surface area contributed by atoms with Gasteiger partial charge in [-0.1, -0.05) is 38.4 Å². The molecule has 4 fully saturated rings. The zero-order valence-electron chi connectivity index (χ0n) is 21.1. The minimum atomic E-state index is -0.0564. The molecule has 0 saturated heterocycles. The Morgan fingerprint density at radius 3 is 2.52 bits per heavy atom. The van der Waals surface area contributed by atoms with Crippen LogP contribution in [-0.2, 0) is 4.84 Å². The topological polar surface area (TPSA) is 45.1 Å². The molecule has 4 nitrogen and oxygen atoms in total. The number of aliphatic hydroxyl groups excluding tert-OH is 1. The Hall–Kier alpha value is -0.870. The Kier molecular flexibility index (Phi) is 8.29. The first kappa shape index (κ1) is 24.8. The SMILES string of the molecule is CC.CN(C)CCO/N=C/C=C1\CC[C@]2(C)C3CC[C@@]4(C)C(CC[C@@H]4O)C3CC[C@H]2C1. The van der Waals surface area contributed by atoms with Crippen LogP contribution in [-0.4, -0.2) is 49.6 Å². The maximum atomic E-state index is 10.6.